The van der Waals surface area contributed by atoms with E-state index in [-0.39, 0.29) is 23.7 Å². The number of aromatic nitrogens is 2. The molecule has 0 unspecified atom stereocenters. The van der Waals surface area contributed by atoms with Crippen LogP contribution < -0.4 is 15.8 Å². The first kappa shape index (κ1) is 16.0. The van der Waals surface area contributed by atoms with Crippen molar-refractivity contribution in [2.75, 3.05) is 16.8 Å². The van der Waals surface area contributed by atoms with E-state index in [2.05, 4.69) is 10.4 Å². The van der Waals surface area contributed by atoms with Crippen molar-refractivity contribution >= 4 is 34.0 Å². The van der Waals surface area contributed by atoms with Gasteiger partial charge in [-0.05, 0) is 25.1 Å². The van der Waals surface area contributed by atoms with Gasteiger partial charge in [-0.1, -0.05) is 30.3 Å². The van der Waals surface area contributed by atoms with E-state index in [0.29, 0.717) is 28.7 Å². The van der Waals surface area contributed by atoms with E-state index >= 15 is 0 Å². The molecule has 0 radical (unpaired) electrons. The van der Waals surface area contributed by atoms with Crippen molar-refractivity contribution in [3.63, 3.8) is 0 Å². The number of anilines is 2. The summed E-state index contributed by atoms with van der Waals surface area (Å²) in [6, 6.07) is 14.0. The molecule has 7 heteroatoms. The molecule has 1 aliphatic heterocycles. The highest BCUT2D eigenvalue weighted by atomic mass is 16.2. The van der Waals surface area contributed by atoms with Gasteiger partial charge < -0.3 is 5.32 Å². The number of amides is 2. The fourth-order valence-electron chi connectivity index (χ4n) is 3.15. The Morgan fingerprint density at radius 2 is 1.77 bits per heavy atom. The molecular formula is C19H16N4O3. The third-order valence-corrected chi connectivity index (χ3v) is 4.39. The molecule has 0 saturated carbocycles. The van der Waals surface area contributed by atoms with Crippen LogP contribution in [0, 0.1) is 0 Å². The zero-order valence-electron chi connectivity index (χ0n) is 14.1. The topological polar surface area (TPSA) is 84.3 Å². The minimum absolute atomic E-state index is 0.100. The van der Waals surface area contributed by atoms with Crippen LogP contribution in [0.25, 0.3) is 10.8 Å². The van der Waals surface area contributed by atoms with Gasteiger partial charge in [0, 0.05) is 11.9 Å². The average Bonchev–Trinajstić information content (AvgIpc) is 2.67. The average molecular weight is 348 g/mol. The predicted molar refractivity (Wildman–Crippen MR) is 98.4 cm³/mol. The second-order valence-corrected chi connectivity index (χ2v) is 5.97. The molecule has 26 heavy (non-hydrogen) atoms. The van der Waals surface area contributed by atoms with E-state index in [0.717, 1.165) is 0 Å². The van der Waals surface area contributed by atoms with Gasteiger partial charge in [-0.3, -0.25) is 19.3 Å². The number of nitrogens with zero attached hydrogens (tertiary/aromatic N) is 3. The van der Waals surface area contributed by atoms with Crippen LogP contribution in [0.1, 0.15) is 17.4 Å². The standard InChI is InChI=1S/C19H16N4O3/c1-2-23-18(25)13-8-4-3-7-12(13)17(21-23)19(26)22-11-16(24)20-14-9-5-6-10-15(14)22/h3-10H,2,11H2,1H3,(H,20,24). The van der Waals surface area contributed by atoms with E-state index in [1.165, 1.54) is 9.58 Å². The van der Waals surface area contributed by atoms with Crippen molar-refractivity contribution in [3.8, 4) is 0 Å². The fourth-order valence-corrected chi connectivity index (χ4v) is 3.15. The number of fused-ring (bicyclic) bond motifs is 2. The molecule has 1 aromatic heterocycles. The lowest BCUT2D eigenvalue weighted by atomic mass is 10.1. The van der Waals surface area contributed by atoms with Crippen molar-refractivity contribution in [1.82, 2.24) is 9.78 Å². The van der Waals surface area contributed by atoms with Gasteiger partial charge in [-0.2, -0.15) is 5.10 Å². The molecule has 130 valence electrons. The molecule has 4 rings (SSSR count). The van der Waals surface area contributed by atoms with Crippen molar-refractivity contribution in [3.05, 3.63) is 64.6 Å². The molecule has 0 atom stereocenters. The van der Waals surface area contributed by atoms with Crippen LogP contribution in [0.3, 0.4) is 0 Å². The van der Waals surface area contributed by atoms with Gasteiger partial charge in [-0.15, -0.1) is 0 Å². The molecule has 1 aliphatic rings. The monoisotopic (exact) mass is 348 g/mol. The molecule has 0 aliphatic carbocycles. The van der Waals surface area contributed by atoms with E-state index in [1.54, 1.807) is 55.5 Å². The van der Waals surface area contributed by atoms with Crippen molar-refractivity contribution < 1.29 is 9.59 Å². The number of carbonyl (C=O) groups excluding carboxylic acids is 2. The van der Waals surface area contributed by atoms with Crippen LogP contribution in [0.5, 0.6) is 0 Å². The van der Waals surface area contributed by atoms with Crippen LogP contribution in [0.15, 0.2) is 53.3 Å². The quantitative estimate of drug-likeness (QED) is 0.768. The van der Waals surface area contributed by atoms with Crippen LogP contribution in [0.2, 0.25) is 0 Å². The molecule has 0 saturated heterocycles. The SMILES string of the molecule is CCn1nc(C(=O)N2CC(=O)Nc3ccccc32)c2ccccc2c1=O. The first-order valence-corrected chi connectivity index (χ1v) is 8.30. The first-order valence-electron chi connectivity index (χ1n) is 8.30. The zero-order chi connectivity index (χ0) is 18.3. The van der Waals surface area contributed by atoms with E-state index in [4.69, 9.17) is 0 Å². The van der Waals surface area contributed by atoms with Crippen molar-refractivity contribution in [2.24, 2.45) is 0 Å². The third-order valence-electron chi connectivity index (χ3n) is 4.39. The lowest BCUT2D eigenvalue weighted by Gasteiger charge is -2.29. The molecule has 0 spiro atoms. The minimum atomic E-state index is -0.411. The summed E-state index contributed by atoms with van der Waals surface area (Å²) in [5.74, 6) is -0.684. The fraction of sp³-hybridized carbons (Fsp3) is 0.158. The number of hydrogen-bond donors (Lipinski definition) is 1. The molecule has 1 N–H and O–H groups in total. The van der Waals surface area contributed by atoms with Crippen LogP contribution in [-0.2, 0) is 11.3 Å². The van der Waals surface area contributed by atoms with Crippen molar-refractivity contribution in [1.29, 1.82) is 0 Å². The highest BCUT2D eigenvalue weighted by Crippen LogP contribution is 2.30. The number of aryl methyl sites for hydroxylation is 1. The molecule has 0 bridgehead atoms. The van der Waals surface area contributed by atoms with Gasteiger partial charge >= 0.3 is 0 Å². The summed E-state index contributed by atoms with van der Waals surface area (Å²) >= 11 is 0. The van der Waals surface area contributed by atoms with Gasteiger partial charge in [0.1, 0.15) is 6.54 Å². The summed E-state index contributed by atoms with van der Waals surface area (Å²) in [6.45, 7) is 2.04. The number of nitrogens with one attached hydrogen (secondary N) is 1. The Morgan fingerprint density at radius 1 is 1.08 bits per heavy atom. The third kappa shape index (κ3) is 2.45. The minimum Gasteiger partial charge on any atom is -0.323 e. The smallest absolute Gasteiger partial charge is 0.279 e. The molecule has 7 nitrogen and oxygen atoms in total. The maximum absolute atomic E-state index is 13.3. The summed E-state index contributed by atoms with van der Waals surface area (Å²) in [4.78, 5) is 39.2. The van der Waals surface area contributed by atoms with Crippen LogP contribution in [0.4, 0.5) is 11.4 Å². The highest BCUT2D eigenvalue weighted by molar-refractivity contribution is 6.18. The Balaban J connectivity index is 1.92. The van der Waals surface area contributed by atoms with Gasteiger partial charge in [-0.25, -0.2) is 4.68 Å². The Morgan fingerprint density at radius 3 is 2.54 bits per heavy atom. The summed E-state index contributed by atoms with van der Waals surface area (Å²) in [5.41, 5.74) is 1.10. The number of para-hydroxylation sites is 2. The number of carbonyl (C=O) groups is 2. The van der Waals surface area contributed by atoms with Gasteiger partial charge in [0.2, 0.25) is 5.91 Å². The van der Waals surface area contributed by atoms with E-state index in [9.17, 15) is 14.4 Å². The summed E-state index contributed by atoms with van der Waals surface area (Å²) in [5, 5.41) is 7.94. The molecule has 3 aromatic rings. The number of hydrogen-bond acceptors (Lipinski definition) is 4. The summed E-state index contributed by atoms with van der Waals surface area (Å²) in [6.07, 6.45) is 0. The number of benzene rings is 2. The van der Waals surface area contributed by atoms with E-state index in [1.807, 2.05) is 0 Å². The number of rotatable bonds is 2. The largest absolute Gasteiger partial charge is 0.323 e. The highest BCUT2D eigenvalue weighted by Gasteiger charge is 2.30. The van der Waals surface area contributed by atoms with Gasteiger partial charge in [0.15, 0.2) is 5.69 Å². The Bertz CT molecular complexity index is 1100. The second kappa shape index (κ2) is 6.11. The predicted octanol–water partition coefficient (Wildman–Crippen LogP) is 2.02. The molecule has 2 heterocycles. The van der Waals surface area contributed by atoms with E-state index < -0.39 is 5.91 Å². The van der Waals surface area contributed by atoms with Crippen molar-refractivity contribution in [2.45, 2.75) is 13.5 Å². The maximum atomic E-state index is 13.3. The van der Waals surface area contributed by atoms with Gasteiger partial charge in [0.05, 0.1) is 16.8 Å². The molecule has 2 aromatic carbocycles. The summed E-state index contributed by atoms with van der Waals surface area (Å²) in [7, 11) is 0. The Hall–Kier alpha value is -3.48. The van der Waals surface area contributed by atoms with Gasteiger partial charge in [0.25, 0.3) is 11.5 Å². The maximum Gasteiger partial charge on any atom is 0.279 e. The lowest BCUT2D eigenvalue weighted by molar-refractivity contribution is -0.115. The lowest BCUT2D eigenvalue weighted by Crippen LogP contribution is -2.43. The Kier molecular flexibility index (Phi) is 3.76. The zero-order valence-corrected chi connectivity index (χ0v) is 14.1. The normalized spacial score (nSPS) is 13.4. The van der Waals surface area contributed by atoms with Crippen LogP contribution in [-0.4, -0.2) is 28.1 Å². The summed E-state index contributed by atoms with van der Waals surface area (Å²) < 4.78 is 1.27. The first-order chi connectivity index (χ1) is 12.6. The molecule has 0 fully saturated rings. The molecular weight excluding hydrogens is 332 g/mol. The Labute approximate surface area is 148 Å². The van der Waals surface area contributed by atoms with Crippen LogP contribution >= 0.6 is 0 Å². The molecule has 2 amide bonds. The second-order valence-electron chi connectivity index (χ2n) is 5.97.